The molecule has 1 aromatic carbocycles. The van der Waals surface area contributed by atoms with Crippen LogP contribution < -0.4 is 5.32 Å². The number of likely N-dealkylation sites (tertiary alicyclic amines) is 1. The Morgan fingerprint density at radius 2 is 1.96 bits per heavy atom. The molecule has 1 heterocycles. The molecule has 5 heteroatoms. The van der Waals surface area contributed by atoms with Gasteiger partial charge in [-0.2, -0.15) is 5.26 Å². The van der Waals surface area contributed by atoms with E-state index in [1.54, 1.807) is 0 Å². The molecule has 1 aliphatic heterocycles. The standard InChI is InChI=1S/C18H22BrN3O/c19-16-4-2-15(3-5-16)18(8-1-9-18)13-21-17(23)22-10-6-14(12-20)7-11-22/h2-5,14H,1,6-11,13H2,(H,21,23). The Kier molecular flexibility index (Phi) is 4.91. The third-order valence-corrected chi connectivity index (χ3v) is 5.84. The fourth-order valence-electron chi connectivity index (χ4n) is 3.54. The Morgan fingerprint density at radius 1 is 1.30 bits per heavy atom. The largest absolute Gasteiger partial charge is 0.337 e. The van der Waals surface area contributed by atoms with Crippen LogP contribution in [0, 0.1) is 17.2 Å². The fraction of sp³-hybridized carbons (Fsp3) is 0.556. The number of halogens is 1. The van der Waals surface area contributed by atoms with Crippen molar-refractivity contribution < 1.29 is 4.79 Å². The Hall–Kier alpha value is -1.54. The lowest BCUT2D eigenvalue weighted by Crippen LogP contribution is -2.50. The number of carbonyl (C=O) groups is 1. The number of piperidine rings is 1. The molecule has 0 radical (unpaired) electrons. The summed E-state index contributed by atoms with van der Waals surface area (Å²) in [5.74, 6) is 0.111. The van der Waals surface area contributed by atoms with Crippen molar-refractivity contribution in [2.75, 3.05) is 19.6 Å². The predicted octanol–water partition coefficient (Wildman–Crippen LogP) is 3.82. The molecule has 0 spiro atoms. The van der Waals surface area contributed by atoms with E-state index >= 15 is 0 Å². The minimum Gasteiger partial charge on any atom is -0.337 e. The predicted molar refractivity (Wildman–Crippen MR) is 93.0 cm³/mol. The Bertz CT molecular complexity index is 596. The molecule has 1 aromatic rings. The summed E-state index contributed by atoms with van der Waals surface area (Å²) >= 11 is 3.48. The Balaban J connectivity index is 1.57. The van der Waals surface area contributed by atoms with E-state index in [-0.39, 0.29) is 17.4 Å². The second-order valence-electron chi connectivity index (χ2n) is 6.69. The van der Waals surface area contributed by atoms with Gasteiger partial charge in [0, 0.05) is 35.4 Å². The zero-order valence-electron chi connectivity index (χ0n) is 13.2. The smallest absolute Gasteiger partial charge is 0.317 e. The van der Waals surface area contributed by atoms with Crippen LogP contribution in [-0.4, -0.2) is 30.6 Å². The van der Waals surface area contributed by atoms with Gasteiger partial charge in [0.15, 0.2) is 0 Å². The lowest BCUT2D eigenvalue weighted by atomic mass is 9.64. The minimum absolute atomic E-state index is 0.0183. The quantitative estimate of drug-likeness (QED) is 0.872. The van der Waals surface area contributed by atoms with Gasteiger partial charge in [-0.3, -0.25) is 0 Å². The molecule has 2 amide bonds. The number of amides is 2. The maximum absolute atomic E-state index is 12.4. The van der Waals surface area contributed by atoms with Crippen molar-refractivity contribution in [3.63, 3.8) is 0 Å². The summed E-state index contributed by atoms with van der Waals surface area (Å²) in [5.41, 5.74) is 1.41. The van der Waals surface area contributed by atoms with Gasteiger partial charge in [-0.05, 0) is 43.4 Å². The van der Waals surface area contributed by atoms with E-state index in [4.69, 9.17) is 5.26 Å². The Morgan fingerprint density at radius 3 is 2.48 bits per heavy atom. The van der Waals surface area contributed by atoms with Crippen molar-refractivity contribution >= 4 is 22.0 Å². The van der Waals surface area contributed by atoms with E-state index in [9.17, 15) is 4.79 Å². The number of rotatable bonds is 3. The molecule has 122 valence electrons. The average Bonchev–Trinajstić information content (AvgIpc) is 2.55. The molecular weight excluding hydrogens is 354 g/mol. The van der Waals surface area contributed by atoms with E-state index in [2.05, 4.69) is 51.6 Å². The summed E-state index contributed by atoms with van der Waals surface area (Å²) in [4.78, 5) is 14.2. The van der Waals surface area contributed by atoms with Crippen molar-refractivity contribution in [2.24, 2.45) is 5.92 Å². The highest BCUT2D eigenvalue weighted by atomic mass is 79.9. The number of urea groups is 1. The molecule has 23 heavy (non-hydrogen) atoms. The second kappa shape index (κ2) is 6.92. The van der Waals surface area contributed by atoms with Crippen LogP contribution in [0.15, 0.2) is 28.7 Å². The molecule has 0 unspecified atom stereocenters. The minimum atomic E-state index is 0.0183. The zero-order chi connectivity index (χ0) is 16.3. The van der Waals surface area contributed by atoms with Crippen molar-refractivity contribution in [1.82, 2.24) is 10.2 Å². The van der Waals surface area contributed by atoms with Crippen LogP contribution in [0.5, 0.6) is 0 Å². The van der Waals surface area contributed by atoms with Crippen molar-refractivity contribution in [1.29, 1.82) is 5.26 Å². The van der Waals surface area contributed by atoms with Gasteiger partial charge in [0.1, 0.15) is 0 Å². The van der Waals surface area contributed by atoms with Gasteiger partial charge < -0.3 is 10.2 Å². The maximum atomic E-state index is 12.4. The number of carbonyl (C=O) groups excluding carboxylic acids is 1. The SMILES string of the molecule is N#CC1CCN(C(=O)NCC2(c3ccc(Br)cc3)CCC2)CC1. The number of nitrogens with zero attached hydrogens (tertiary/aromatic N) is 2. The Labute approximate surface area is 146 Å². The fourth-order valence-corrected chi connectivity index (χ4v) is 3.81. The molecule has 4 nitrogen and oxygen atoms in total. The van der Waals surface area contributed by atoms with E-state index in [1.807, 2.05) is 4.90 Å². The van der Waals surface area contributed by atoms with E-state index in [1.165, 1.54) is 12.0 Å². The van der Waals surface area contributed by atoms with Crippen molar-refractivity contribution in [3.05, 3.63) is 34.3 Å². The van der Waals surface area contributed by atoms with Gasteiger partial charge >= 0.3 is 6.03 Å². The van der Waals surface area contributed by atoms with E-state index in [0.29, 0.717) is 19.6 Å². The average molecular weight is 376 g/mol. The number of nitrogens with one attached hydrogen (secondary N) is 1. The van der Waals surface area contributed by atoms with Gasteiger partial charge in [-0.25, -0.2) is 4.79 Å². The van der Waals surface area contributed by atoms with Gasteiger partial charge in [0.2, 0.25) is 0 Å². The number of hydrogen-bond donors (Lipinski definition) is 1. The van der Waals surface area contributed by atoms with Crippen LogP contribution in [0.25, 0.3) is 0 Å². The summed E-state index contributed by atoms with van der Waals surface area (Å²) in [5, 5.41) is 12.1. The van der Waals surface area contributed by atoms with Crippen molar-refractivity contribution in [3.8, 4) is 6.07 Å². The van der Waals surface area contributed by atoms with Crippen LogP contribution in [0.2, 0.25) is 0 Å². The van der Waals surface area contributed by atoms with Crippen LogP contribution >= 0.6 is 15.9 Å². The molecule has 1 saturated heterocycles. The van der Waals surface area contributed by atoms with Gasteiger partial charge in [-0.15, -0.1) is 0 Å². The van der Waals surface area contributed by atoms with Crippen LogP contribution in [0.4, 0.5) is 4.79 Å². The van der Waals surface area contributed by atoms with Crippen LogP contribution in [0.3, 0.4) is 0 Å². The molecule has 0 aromatic heterocycles. The maximum Gasteiger partial charge on any atom is 0.317 e. The first-order valence-corrected chi connectivity index (χ1v) is 9.11. The summed E-state index contributed by atoms with van der Waals surface area (Å²) < 4.78 is 1.08. The number of hydrogen-bond acceptors (Lipinski definition) is 2. The van der Waals surface area contributed by atoms with Gasteiger partial charge in [0.05, 0.1) is 6.07 Å². The highest BCUT2D eigenvalue weighted by Gasteiger charge is 2.39. The summed E-state index contributed by atoms with van der Waals surface area (Å²) in [6.07, 6.45) is 5.07. The van der Waals surface area contributed by atoms with Crippen LogP contribution in [-0.2, 0) is 5.41 Å². The summed E-state index contributed by atoms with van der Waals surface area (Å²) in [6.45, 7) is 2.08. The molecular formula is C18H22BrN3O. The number of nitriles is 1. The molecule has 0 bridgehead atoms. The topological polar surface area (TPSA) is 56.1 Å². The lowest BCUT2D eigenvalue weighted by molar-refractivity contribution is 0.168. The molecule has 1 saturated carbocycles. The second-order valence-corrected chi connectivity index (χ2v) is 7.61. The van der Waals surface area contributed by atoms with Crippen molar-refractivity contribution in [2.45, 2.75) is 37.5 Å². The highest BCUT2D eigenvalue weighted by Crippen LogP contribution is 2.43. The first-order valence-electron chi connectivity index (χ1n) is 8.31. The molecule has 2 aliphatic rings. The molecule has 2 fully saturated rings. The normalized spacial score (nSPS) is 20.4. The molecule has 3 rings (SSSR count). The number of benzene rings is 1. The first-order chi connectivity index (χ1) is 11.1. The monoisotopic (exact) mass is 375 g/mol. The van der Waals surface area contributed by atoms with E-state index in [0.717, 1.165) is 30.2 Å². The zero-order valence-corrected chi connectivity index (χ0v) is 14.8. The third kappa shape index (κ3) is 3.53. The van der Waals surface area contributed by atoms with Gasteiger partial charge in [0.25, 0.3) is 0 Å². The van der Waals surface area contributed by atoms with Gasteiger partial charge in [-0.1, -0.05) is 34.5 Å². The lowest BCUT2D eigenvalue weighted by Gasteiger charge is -2.43. The van der Waals surface area contributed by atoms with E-state index < -0.39 is 0 Å². The molecule has 1 aliphatic carbocycles. The molecule has 0 atom stereocenters. The summed E-state index contributed by atoms with van der Waals surface area (Å²) in [6, 6.07) is 10.8. The van der Waals surface area contributed by atoms with Crippen LogP contribution in [0.1, 0.15) is 37.7 Å². The third-order valence-electron chi connectivity index (χ3n) is 5.31. The first kappa shape index (κ1) is 16.3. The summed E-state index contributed by atoms with van der Waals surface area (Å²) in [7, 11) is 0. The highest BCUT2D eigenvalue weighted by molar-refractivity contribution is 9.10. The molecule has 1 N–H and O–H groups in total.